The number of nitrogens with zero attached hydrogens (tertiary/aromatic N) is 5. The van der Waals surface area contributed by atoms with E-state index >= 15 is 0 Å². The lowest BCUT2D eigenvalue weighted by Crippen LogP contribution is -2.29. The molecule has 3 heterocycles. The van der Waals surface area contributed by atoms with Gasteiger partial charge in [-0.15, -0.1) is 0 Å². The number of nitrogens with one attached hydrogen (secondary N) is 1. The zero-order chi connectivity index (χ0) is 26.0. The molecule has 0 atom stereocenters. The first-order chi connectivity index (χ1) is 17.8. The molecule has 192 valence electrons. The van der Waals surface area contributed by atoms with E-state index in [-0.39, 0.29) is 22.9 Å². The number of carbonyl (C=O) groups excluding carboxylic acids is 1. The van der Waals surface area contributed by atoms with Gasteiger partial charge in [-0.25, -0.2) is 18.1 Å². The summed E-state index contributed by atoms with van der Waals surface area (Å²) in [4.78, 5) is 30.2. The molecule has 1 fully saturated rings. The highest BCUT2D eigenvalue weighted by molar-refractivity contribution is 7.89. The molecular formula is C26H28N6O4S. The van der Waals surface area contributed by atoms with Crippen LogP contribution in [0.5, 0.6) is 0 Å². The summed E-state index contributed by atoms with van der Waals surface area (Å²) in [7, 11) is -3.52. The van der Waals surface area contributed by atoms with Gasteiger partial charge in [0.2, 0.25) is 10.0 Å². The molecule has 1 amide bonds. The van der Waals surface area contributed by atoms with Gasteiger partial charge in [0.15, 0.2) is 5.65 Å². The largest absolute Gasteiger partial charge is 0.350 e. The second kappa shape index (κ2) is 10.3. The van der Waals surface area contributed by atoms with E-state index in [9.17, 15) is 18.0 Å². The number of aryl methyl sites for hydroxylation is 1. The van der Waals surface area contributed by atoms with Crippen molar-refractivity contribution in [2.45, 2.75) is 37.8 Å². The summed E-state index contributed by atoms with van der Waals surface area (Å²) in [6, 6.07) is 13.9. The summed E-state index contributed by atoms with van der Waals surface area (Å²) < 4.78 is 29.9. The smallest absolute Gasteiger partial charge is 0.264 e. The van der Waals surface area contributed by atoms with Gasteiger partial charge in [0, 0.05) is 25.2 Å². The predicted molar refractivity (Wildman–Crippen MR) is 139 cm³/mol. The summed E-state index contributed by atoms with van der Waals surface area (Å²) in [5.41, 5.74) is 2.79. The molecule has 0 aliphatic carbocycles. The quantitative estimate of drug-likeness (QED) is 0.380. The number of sulfonamides is 1. The summed E-state index contributed by atoms with van der Waals surface area (Å²) in [5, 5.41) is 7.51. The molecule has 0 radical (unpaired) electrons. The first kappa shape index (κ1) is 24.8. The van der Waals surface area contributed by atoms with Gasteiger partial charge >= 0.3 is 0 Å². The third kappa shape index (κ3) is 5.05. The Labute approximate surface area is 214 Å². The van der Waals surface area contributed by atoms with E-state index in [1.54, 1.807) is 9.25 Å². The van der Waals surface area contributed by atoms with Crippen LogP contribution in [0.25, 0.3) is 11.0 Å². The Morgan fingerprint density at radius 3 is 2.51 bits per heavy atom. The van der Waals surface area contributed by atoms with Gasteiger partial charge in [-0.3, -0.25) is 14.2 Å². The Kier molecular flexibility index (Phi) is 6.90. The first-order valence-corrected chi connectivity index (χ1v) is 13.6. The highest BCUT2D eigenvalue weighted by Gasteiger charge is 2.27. The maximum atomic E-state index is 13.0. The molecule has 0 unspecified atom stereocenters. The van der Waals surface area contributed by atoms with Crippen LogP contribution in [-0.4, -0.2) is 57.6 Å². The summed E-state index contributed by atoms with van der Waals surface area (Å²) in [5.74, 6) is -0.324. The number of amides is 1. The summed E-state index contributed by atoms with van der Waals surface area (Å²) in [6.07, 6.45) is 4.75. The Hall–Kier alpha value is -3.83. The molecule has 0 bridgehead atoms. The van der Waals surface area contributed by atoms with Crippen LogP contribution in [0.3, 0.4) is 0 Å². The predicted octanol–water partition coefficient (Wildman–Crippen LogP) is 2.16. The lowest BCUT2D eigenvalue weighted by atomic mass is 10.1. The highest BCUT2D eigenvalue weighted by atomic mass is 32.2. The molecule has 10 nitrogen and oxygen atoms in total. The molecule has 1 N–H and O–H groups in total. The van der Waals surface area contributed by atoms with Gasteiger partial charge in [-0.2, -0.15) is 9.40 Å². The van der Waals surface area contributed by atoms with Crippen molar-refractivity contribution in [1.82, 2.24) is 29.0 Å². The minimum Gasteiger partial charge on any atom is -0.350 e. The van der Waals surface area contributed by atoms with E-state index in [2.05, 4.69) is 15.4 Å². The average molecular weight is 521 g/mol. The first-order valence-electron chi connectivity index (χ1n) is 12.2. The number of aromatic nitrogens is 4. The minimum atomic E-state index is -3.52. The normalized spacial score (nSPS) is 14.3. The molecule has 2 aromatic heterocycles. The van der Waals surface area contributed by atoms with Crippen molar-refractivity contribution in [1.29, 1.82) is 0 Å². The van der Waals surface area contributed by atoms with Crippen molar-refractivity contribution in [2.75, 3.05) is 19.6 Å². The van der Waals surface area contributed by atoms with Gasteiger partial charge in [-0.1, -0.05) is 24.3 Å². The van der Waals surface area contributed by atoms with Crippen LogP contribution in [0.1, 0.15) is 34.3 Å². The number of fused-ring (bicyclic) bond motifs is 1. The molecule has 11 heteroatoms. The third-order valence-electron chi connectivity index (χ3n) is 6.65. The molecule has 4 aromatic rings. The Morgan fingerprint density at radius 2 is 1.78 bits per heavy atom. The van der Waals surface area contributed by atoms with Gasteiger partial charge < -0.3 is 5.32 Å². The second-order valence-corrected chi connectivity index (χ2v) is 11.0. The number of hydrogen-bond donors (Lipinski definition) is 1. The summed E-state index contributed by atoms with van der Waals surface area (Å²) in [6.45, 7) is 4.07. The van der Waals surface area contributed by atoms with Crippen molar-refractivity contribution >= 4 is 27.0 Å². The Morgan fingerprint density at radius 1 is 1.05 bits per heavy atom. The van der Waals surface area contributed by atoms with Gasteiger partial charge in [0.1, 0.15) is 11.7 Å². The molecule has 1 aliphatic rings. The maximum Gasteiger partial charge on any atom is 0.264 e. The fourth-order valence-electron chi connectivity index (χ4n) is 4.48. The van der Waals surface area contributed by atoms with Crippen molar-refractivity contribution in [3.8, 4) is 0 Å². The molecule has 37 heavy (non-hydrogen) atoms. The molecule has 0 saturated carbocycles. The Balaban J connectivity index is 1.22. The van der Waals surface area contributed by atoms with E-state index in [0.29, 0.717) is 42.8 Å². The Bertz CT molecular complexity index is 1600. The van der Waals surface area contributed by atoms with E-state index in [4.69, 9.17) is 0 Å². The van der Waals surface area contributed by atoms with Crippen molar-refractivity contribution in [3.05, 3.63) is 88.1 Å². The summed E-state index contributed by atoms with van der Waals surface area (Å²) >= 11 is 0. The molecule has 1 aliphatic heterocycles. The van der Waals surface area contributed by atoms with Crippen LogP contribution >= 0.6 is 0 Å². The van der Waals surface area contributed by atoms with Gasteiger partial charge in [0.25, 0.3) is 11.5 Å². The zero-order valence-corrected chi connectivity index (χ0v) is 21.3. The molecule has 2 aromatic carbocycles. The highest BCUT2D eigenvalue weighted by Crippen LogP contribution is 2.21. The third-order valence-corrected chi connectivity index (χ3v) is 8.57. The molecule has 5 rings (SSSR count). The van der Waals surface area contributed by atoms with Crippen molar-refractivity contribution < 1.29 is 13.2 Å². The molecule has 1 saturated heterocycles. The number of hydrogen-bond acceptors (Lipinski definition) is 6. The van der Waals surface area contributed by atoms with Crippen molar-refractivity contribution in [2.24, 2.45) is 0 Å². The fourth-order valence-corrected chi connectivity index (χ4v) is 6.00. The van der Waals surface area contributed by atoms with Gasteiger partial charge in [-0.05, 0) is 55.2 Å². The number of benzene rings is 2. The van der Waals surface area contributed by atoms with E-state index in [1.165, 1.54) is 41.1 Å². The lowest BCUT2D eigenvalue weighted by Gasteiger charge is -2.15. The maximum absolute atomic E-state index is 13.0. The topological polar surface area (TPSA) is 119 Å². The van der Waals surface area contributed by atoms with Crippen LogP contribution in [0.4, 0.5) is 0 Å². The number of carbonyl (C=O) groups is 1. The van der Waals surface area contributed by atoms with Crippen LogP contribution < -0.4 is 10.9 Å². The molecule has 0 spiro atoms. The van der Waals surface area contributed by atoms with Crippen molar-refractivity contribution in [3.63, 3.8) is 0 Å². The lowest BCUT2D eigenvalue weighted by molar-refractivity contribution is 0.0952. The zero-order valence-electron chi connectivity index (χ0n) is 20.5. The number of rotatable bonds is 8. The van der Waals surface area contributed by atoms with E-state index in [0.717, 1.165) is 24.0 Å². The fraction of sp³-hybridized carbons (Fsp3) is 0.308. The van der Waals surface area contributed by atoms with Crippen LogP contribution in [0.2, 0.25) is 0 Å². The SMILES string of the molecule is Cc1ccccc1Cn1cnc2c(cnn2CCNC(=O)c2ccc(S(=O)(=O)N3CCCC3)cc2)c1=O. The van der Waals surface area contributed by atoms with E-state index in [1.807, 2.05) is 31.2 Å². The molecular weight excluding hydrogens is 492 g/mol. The van der Waals surface area contributed by atoms with E-state index < -0.39 is 10.0 Å². The standard InChI is InChI=1S/C26H28N6O4S/c1-19-6-2-3-7-21(19)17-30-18-28-24-23(26(30)34)16-29-32(24)15-12-27-25(33)20-8-10-22(11-9-20)37(35,36)31-13-4-5-14-31/h2-3,6-11,16,18H,4-5,12-15,17H2,1H3,(H,27,33). The second-order valence-electron chi connectivity index (χ2n) is 9.10. The van der Waals surface area contributed by atoms with Crippen LogP contribution in [0, 0.1) is 6.92 Å². The van der Waals surface area contributed by atoms with Gasteiger partial charge in [0.05, 0.1) is 24.2 Å². The van der Waals surface area contributed by atoms with Crippen LogP contribution in [0.15, 0.2) is 70.7 Å². The van der Waals surface area contributed by atoms with Crippen LogP contribution in [-0.2, 0) is 23.1 Å². The monoisotopic (exact) mass is 520 g/mol. The average Bonchev–Trinajstić information content (AvgIpc) is 3.59. The minimum absolute atomic E-state index is 0.174.